The molecule has 7 nitrogen and oxygen atoms in total. The van der Waals surface area contributed by atoms with Crippen molar-refractivity contribution >= 4 is 22.8 Å². The van der Waals surface area contributed by atoms with Crippen molar-refractivity contribution in [3.8, 4) is 5.75 Å². The number of carbonyl (C=O) groups excluding carboxylic acids is 1. The van der Waals surface area contributed by atoms with E-state index in [0.29, 0.717) is 16.9 Å². The van der Waals surface area contributed by atoms with Crippen molar-refractivity contribution in [2.45, 2.75) is 39.7 Å². The lowest BCUT2D eigenvalue weighted by Crippen LogP contribution is -2.38. The van der Waals surface area contributed by atoms with Crippen LogP contribution in [0.25, 0.3) is 11.0 Å². The van der Waals surface area contributed by atoms with Gasteiger partial charge in [0.05, 0.1) is 7.11 Å². The van der Waals surface area contributed by atoms with Gasteiger partial charge < -0.3 is 19.6 Å². The highest BCUT2D eigenvalue weighted by Crippen LogP contribution is 2.29. The monoisotopic (exact) mass is 347 g/mol. The van der Waals surface area contributed by atoms with E-state index in [1.165, 1.54) is 6.92 Å². The largest absolute Gasteiger partial charge is 0.496 e. The standard InChI is InChI=1S/C18H21NO6/c1-9-12-5-7-14(24-4)10(2)16(12)25-18(23)13(9)6-8-15(20)19-11(3)17(21)22/h5,7,11H,6,8H2,1-4H3,(H,19,20)(H,21,22)/t11-/m0/s1. The summed E-state index contributed by atoms with van der Waals surface area (Å²) in [6.45, 7) is 4.99. The molecule has 2 aromatic rings. The van der Waals surface area contributed by atoms with Gasteiger partial charge in [0, 0.05) is 22.9 Å². The molecule has 7 heteroatoms. The number of hydrogen-bond donors (Lipinski definition) is 2. The Morgan fingerprint density at radius 3 is 2.56 bits per heavy atom. The van der Waals surface area contributed by atoms with Crippen LogP contribution in [0.5, 0.6) is 5.75 Å². The first-order chi connectivity index (χ1) is 11.8. The topological polar surface area (TPSA) is 106 Å². The molecule has 0 saturated carbocycles. The second-order valence-corrected chi connectivity index (χ2v) is 5.89. The molecule has 1 heterocycles. The van der Waals surface area contributed by atoms with Crippen LogP contribution in [0, 0.1) is 13.8 Å². The van der Waals surface area contributed by atoms with Gasteiger partial charge in [0.1, 0.15) is 17.4 Å². The maximum atomic E-state index is 12.3. The molecule has 0 aliphatic carbocycles. The van der Waals surface area contributed by atoms with E-state index in [1.807, 2.05) is 13.0 Å². The van der Waals surface area contributed by atoms with Crippen molar-refractivity contribution < 1.29 is 23.8 Å². The number of ether oxygens (including phenoxy) is 1. The van der Waals surface area contributed by atoms with Gasteiger partial charge in [-0.3, -0.25) is 9.59 Å². The summed E-state index contributed by atoms with van der Waals surface area (Å²) in [4.78, 5) is 34.9. The Bertz CT molecular complexity index is 883. The zero-order valence-electron chi connectivity index (χ0n) is 14.6. The lowest BCUT2D eigenvalue weighted by atomic mass is 10.00. The molecule has 0 spiro atoms. The first-order valence-corrected chi connectivity index (χ1v) is 7.88. The van der Waals surface area contributed by atoms with Gasteiger partial charge in [0.15, 0.2) is 0 Å². The average Bonchev–Trinajstić information content (AvgIpc) is 2.55. The molecule has 2 N–H and O–H groups in total. The fourth-order valence-electron chi connectivity index (χ4n) is 2.69. The number of amides is 1. The van der Waals surface area contributed by atoms with Crippen molar-refractivity contribution in [2.75, 3.05) is 7.11 Å². The number of hydrogen-bond acceptors (Lipinski definition) is 5. The highest BCUT2D eigenvalue weighted by Gasteiger charge is 2.18. The number of aryl methyl sites for hydroxylation is 2. The van der Waals surface area contributed by atoms with E-state index in [-0.39, 0.29) is 12.8 Å². The van der Waals surface area contributed by atoms with E-state index in [9.17, 15) is 14.4 Å². The molecule has 0 radical (unpaired) electrons. The van der Waals surface area contributed by atoms with Crippen LogP contribution in [0.15, 0.2) is 21.3 Å². The van der Waals surface area contributed by atoms with Crippen LogP contribution in [-0.4, -0.2) is 30.1 Å². The van der Waals surface area contributed by atoms with Crippen LogP contribution in [0.4, 0.5) is 0 Å². The SMILES string of the molecule is COc1ccc2c(C)c(CCC(=O)N[C@@H](C)C(=O)O)c(=O)oc2c1C. The van der Waals surface area contributed by atoms with Gasteiger partial charge in [0.25, 0.3) is 0 Å². The number of rotatable bonds is 6. The van der Waals surface area contributed by atoms with Gasteiger partial charge in [-0.25, -0.2) is 4.79 Å². The summed E-state index contributed by atoms with van der Waals surface area (Å²) in [7, 11) is 1.55. The number of carbonyl (C=O) groups is 2. The van der Waals surface area contributed by atoms with E-state index < -0.39 is 23.5 Å². The molecule has 1 aromatic heterocycles. The number of benzene rings is 1. The summed E-state index contributed by atoms with van der Waals surface area (Å²) in [5, 5.41) is 11.9. The van der Waals surface area contributed by atoms with E-state index in [1.54, 1.807) is 20.1 Å². The Kier molecular flexibility index (Phi) is 5.46. The predicted molar refractivity (Wildman–Crippen MR) is 92.1 cm³/mol. The third-order valence-corrected chi connectivity index (χ3v) is 4.22. The highest BCUT2D eigenvalue weighted by atomic mass is 16.5. The van der Waals surface area contributed by atoms with E-state index in [2.05, 4.69) is 5.32 Å². The van der Waals surface area contributed by atoms with Crippen LogP contribution in [-0.2, 0) is 16.0 Å². The second kappa shape index (κ2) is 7.38. The van der Waals surface area contributed by atoms with Crippen LogP contribution < -0.4 is 15.7 Å². The quantitative estimate of drug-likeness (QED) is 0.774. The summed E-state index contributed by atoms with van der Waals surface area (Å²) in [5.74, 6) is -0.913. The summed E-state index contributed by atoms with van der Waals surface area (Å²) < 4.78 is 10.7. The van der Waals surface area contributed by atoms with Gasteiger partial charge in [-0.15, -0.1) is 0 Å². The number of aliphatic carboxylic acids is 1. The zero-order chi connectivity index (χ0) is 18.7. The number of nitrogens with one attached hydrogen (secondary N) is 1. The van der Waals surface area contributed by atoms with E-state index in [0.717, 1.165) is 16.5 Å². The molecule has 1 atom stereocenters. The summed E-state index contributed by atoms with van der Waals surface area (Å²) in [6, 6.07) is 2.64. The molecular formula is C18H21NO6. The number of carboxylic acids is 1. The normalized spacial score (nSPS) is 12.0. The Labute approximate surface area is 144 Å². The number of fused-ring (bicyclic) bond motifs is 1. The number of carboxylic acid groups (broad SMARTS) is 1. The van der Waals surface area contributed by atoms with Gasteiger partial charge in [-0.1, -0.05) is 0 Å². The average molecular weight is 347 g/mol. The first-order valence-electron chi connectivity index (χ1n) is 7.88. The first kappa shape index (κ1) is 18.5. The lowest BCUT2D eigenvalue weighted by Gasteiger charge is -2.12. The summed E-state index contributed by atoms with van der Waals surface area (Å²) in [6.07, 6.45) is 0.178. The van der Waals surface area contributed by atoms with Crippen LogP contribution >= 0.6 is 0 Å². The Hall–Kier alpha value is -2.83. The van der Waals surface area contributed by atoms with Crippen LogP contribution in [0.1, 0.15) is 30.0 Å². The van der Waals surface area contributed by atoms with Crippen molar-refractivity contribution in [2.24, 2.45) is 0 Å². The van der Waals surface area contributed by atoms with Gasteiger partial charge in [0.2, 0.25) is 5.91 Å². The Balaban J connectivity index is 2.29. The highest BCUT2D eigenvalue weighted by molar-refractivity contribution is 5.86. The molecular weight excluding hydrogens is 326 g/mol. The van der Waals surface area contributed by atoms with Crippen LogP contribution in [0.2, 0.25) is 0 Å². The van der Waals surface area contributed by atoms with E-state index in [4.69, 9.17) is 14.3 Å². The van der Waals surface area contributed by atoms with Gasteiger partial charge in [-0.05, 0) is 44.9 Å². The summed E-state index contributed by atoms with van der Waals surface area (Å²) >= 11 is 0. The minimum atomic E-state index is -1.11. The van der Waals surface area contributed by atoms with Crippen molar-refractivity contribution in [1.29, 1.82) is 0 Å². The summed E-state index contributed by atoms with van der Waals surface area (Å²) in [5.41, 5.74) is 1.86. The van der Waals surface area contributed by atoms with E-state index >= 15 is 0 Å². The van der Waals surface area contributed by atoms with Gasteiger partial charge >= 0.3 is 11.6 Å². The van der Waals surface area contributed by atoms with Gasteiger partial charge in [-0.2, -0.15) is 0 Å². The smallest absolute Gasteiger partial charge is 0.339 e. The maximum absolute atomic E-state index is 12.3. The van der Waals surface area contributed by atoms with Crippen molar-refractivity contribution in [3.63, 3.8) is 0 Å². The molecule has 0 unspecified atom stereocenters. The Morgan fingerprint density at radius 2 is 1.96 bits per heavy atom. The molecule has 2 rings (SSSR count). The predicted octanol–water partition coefficient (Wildman–Crippen LogP) is 1.94. The molecule has 0 saturated heterocycles. The molecule has 1 amide bonds. The molecule has 0 aliphatic rings. The van der Waals surface area contributed by atoms with Crippen molar-refractivity contribution in [3.05, 3.63) is 39.2 Å². The minimum absolute atomic E-state index is 0.00383. The maximum Gasteiger partial charge on any atom is 0.339 e. The molecule has 0 fully saturated rings. The third-order valence-electron chi connectivity index (χ3n) is 4.22. The molecule has 134 valence electrons. The molecule has 0 bridgehead atoms. The lowest BCUT2D eigenvalue weighted by molar-refractivity contribution is -0.141. The zero-order valence-corrected chi connectivity index (χ0v) is 14.6. The Morgan fingerprint density at radius 1 is 1.28 bits per heavy atom. The fraction of sp³-hybridized carbons (Fsp3) is 0.389. The van der Waals surface area contributed by atoms with Crippen LogP contribution in [0.3, 0.4) is 0 Å². The second-order valence-electron chi connectivity index (χ2n) is 5.89. The minimum Gasteiger partial charge on any atom is -0.496 e. The third kappa shape index (κ3) is 3.81. The molecule has 1 aromatic carbocycles. The molecule has 0 aliphatic heterocycles. The van der Waals surface area contributed by atoms with Crippen molar-refractivity contribution in [1.82, 2.24) is 5.32 Å². The molecule has 25 heavy (non-hydrogen) atoms. The number of methoxy groups -OCH3 is 1. The fourth-order valence-corrected chi connectivity index (χ4v) is 2.69.